The average Bonchev–Trinajstić information content (AvgIpc) is 3.38. The van der Waals surface area contributed by atoms with Crippen LogP contribution in [0.5, 0.6) is 5.75 Å². The third-order valence-corrected chi connectivity index (χ3v) is 7.08. The highest BCUT2D eigenvalue weighted by Gasteiger charge is 2.40. The fourth-order valence-electron chi connectivity index (χ4n) is 5.00. The number of pyridine rings is 1. The zero-order valence-corrected chi connectivity index (χ0v) is 22.9. The van der Waals surface area contributed by atoms with E-state index in [9.17, 15) is 19.2 Å². The molecule has 2 N–H and O–H groups in total. The molecule has 4 aromatic rings. The summed E-state index contributed by atoms with van der Waals surface area (Å²) in [6, 6.07) is 20.9. The SMILES string of the molecule is CNC(=O)C1c2cc(-c3ccc(-c4cncc(C#N)c4)c(C(=O)NCC(C)C)c3)ccc2OC1c1ccc(F)cc1. The van der Waals surface area contributed by atoms with Crippen molar-refractivity contribution in [2.75, 3.05) is 13.6 Å². The first-order valence-corrected chi connectivity index (χ1v) is 13.3. The molecule has 2 amide bonds. The average molecular weight is 549 g/mol. The number of hydrogen-bond donors (Lipinski definition) is 2. The van der Waals surface area contributed by atoms with Crippen LogP contribution in [0.15, 0.2) is 79.1 Å². The minimum Gasteiger partial charge on any atom is -0.484 e. The molecule has 0 bridgehead atoms. The number of carbonyl (C=O) groups excluding carboxylic acids is 2. The van der Waals surface area contributed by atoms with E-state index in [1.165, 1.54) is 18.3 Å². The van der Waals surface area contributed by atoms with Gasteiger partial charge in [-0.2, -0.15) is 5.26 Å². The Labute approximate surface area is 238 Å². The van der Waals surface area contributed by atoms with Crippen molar-refractivity contribution in [2.24, 2.45) is 5.92 Å². The Morgan fingerprint density at radius 2 is 1.73 bits per heavy atom. The number of ether oxygens (including phenoxy) is 1. The summed E-state index contributed by atoms with van der Waals surface area (Å²) in [6.45, 7) is 4.55. The van der Waals surface area contributed by atoms with Gasteiger partial charge in [0.1, 0.15) is 29.7 Å². The van der Waals surface area contributed by atoms with Crippen molar-refractivity contribution in [3.05, 3.63) is 107 Å². The Bertz CT molecular complexity index is 1660. The van der Waals surface area contributed by atoms with Gasteiger partial charge in [0.25, 0.3) is 5.91 Å². The number of benzene rings is 3. The molecule has 2 heterocycles. The molecule has 8 heteroatoms. The minimum absolute atomic E-state index is 0.218. The van der Waals surface area contributed by atoms with E-state index >= 15 is 0 Å². The van der Waals surface area contributed by atoms with Crippen molar-refractivity contribution >= 4 is 11.8 Å². The van der Waals surface area contributed by atoms with Gasteiger partial charge in [0, 0.05) is 42.7 Å². The predicted molar refractivity (Wildman–Crippen MR) is 154 cm³/mol. The normalized spacial score (nSPS) is 15.5. The number of amides is 2. The molecule has 7 nitrogen and oxygen atoms in total. The molecule has 1 aliphatic rings. The van der Waals surface area contributed by atoms with E-state index in [-0.39, 0.29) is 23.5 Å². The third kappa shape index (κ3) is 5.66. The molecule has 1 aliphatic heterocycles. The van der Waals surface area contributed by atoms with Gasteiger partial charge >= 0.3 is 0 Å². The van der Waals surface area contributed by atoms with Crippen molar-refractivity contribution in [2.45, 2.75) is 25.9 Å². The number of fused-ring (bicyclic) bond motifs is 1. The molecule has 0 spiro atoms. The van der Waals surface area contributed by atoms with Crippen LogP contribution in [0.4, 0.5) is 4.39 Å². The second kappa shape index (κ2) is 11.6. The Morgan fingerprint density at radius 3 is 2.44 bits per heavy atom. The van der Waals surface area contributed by atoms with Gasteiger partial charge in [-0.05, 0) is 64.6 Å². The highest BCUT2D eigenvalue weighted by molar-refractivity contribution is 6.02. The lowest BCUT2D eigenvalue weighted by molar-refractivity contribution is -0.123. The number of hydrogen-bond acceptors (Lipinski definition) is 5. The highest BCUT2D eigenvalue weighted by Crippen LogP contribution is 2.47. The van der Waals surface area contributed by atoms with Crippen LogP contribution in [0.2, 0.25) is 0 Å². The van der Waals surface area contributed by atoms with Gasteiger partial charge < -0.3 is 15.4 Å². The molecule has 0 radical (unpaired) electrons. The number of aromatic nitrogens is 1. The summed E-state index contributed by atoms with van der Waals surface area (Å²) < 4.78 is 19.8. The summed E-state index contributed by atoms with van der Waals surface area (Å²) in [5.74, 6) is -0.626. The van der Waals surface area contributed by atoms with Gasteiger partial charge in [-0.3, -0.25) is 14.6 Å². The molecule has 5 rings (SSSR count). The first-order chi connectivity index (χ1) is 19.8. The second-order valence-corrected chi connectivity index (χ2v) is 10.4. The Hall–Kier alpha value is -5.03. The van der Waals surface area contributed by atoms with Crippen LogP contribution in [-0.4, -0.2) is 30.4 Å². The lowest BCUT2D eigenvalue weighted by Crippen LogP contribution is -2.28. The van der Waals surface area contributed by atoms with Gasteiger partial charge in [-0.1, -0.05) is 44.2 Å². The summed E-state index contributed by atoms with van der Waals surface area (Å²) in [5, 5.41) is 15.1. The Kier molecular flexibility index (Phi) is 7.79. The molecular formula is C33H29FN4O3. The number of likely N-dealkylation sites (N-methyl/N-ethyl adjacent to an activating group) is 1. The first-order valence-electron chi connectivity index (χ1n) is 13.3. The molecule has 2 unspecified atom stereocenters. The van der Waals surface area contributed by atoms with Crippen LogP contribution in [0.1, 0.15) is 52.9 Å². The predicted octanol–water partition coefficient (Wildman–Crippen LogP) is 5.78. The van der Waals surface area contributed by atoms with Gasteiger partial charge in [-0.15, -0.1) is 0 Å². The topological polar surface area (TPSA) is 104 Å². The molecule has 206 valence electrons. The molecular weight excluding hydrogens is 519 g/mol. The van der Waals surface area contributed by atoms with Gasteiger partial charge in [-0.25, -0.2) is 4.39 Å². The zero-order chi connectivity index (χ0) is 29.1. The maximum Gasteiger partial charge on any atom is 0.251 e. The van der Waals surface area contributed by atoms with E-state index in [1.54, 1.807) is 31.4 Å². The molecule has 41 heavy (non-hydrogen) atoms. The number of rotatable bonds is 7. The van der Waals surface area contributed by atoms with E-state index in [0.717, 1.165) is 11.1 Å². The van der Waals surface area contributed by atoms with E-state index in [2.05, 4.69) is 21.7 Å². The van der Waals surface area contributed by atoms with Crippen molar-refractivity contribution in [3.63, 3.8) is 0 Å². The molecule has 0 aliphatic carbocycles. The number of nitrogens with zero attached hydrogens (tertiary/aromatic N) is 2. The molecule has 1 aromatic heterocycles. The lowest BCUT2D eigenvalue weighted by atomic mass is 9.88. The van der Waals surface area contributed by atoms with Crippen LogP contribution < -0.4 is 15.4 Å². The van der Waals surface area contributed by atoms with E-state index < -0.39 is 12.0 Å². The number of carbonyl (C=O) groups is 2. The largest absolute Gasteiger partial charge is 0.484 e. The maximum atomic E-state index is 13.6. The van der Waals surface area contributed by atoms with Crippen molar-refractivity contribution in [1.29, 1.82) is 5.26 Å². The highest BCUT2D eigenvalue weighted by atomic mass is 19.1. The zero-order valence-electron chi connectivity index (χ0n) is 22.9. The Balaban J connectivity index is 1.57. The summed E-state index contributed by atoms with van der Waals surface area (Å²) in [7, 11) is 1.57. The fraction of sp³-hybridized carbons (Fsp3) is 0.212. The van der Waals surface area contributed by atoms with Gasteiger partial charge in [0.2, 0.25) is 5.91 Å². The standard InChI is InChI=1S/C33H29FN4O3/c1-19(2)16-38-32(39)27-13-22(6-10-26(27)24-12-20(15-35)17-37-18-24)23-7-11-29-28(14-23)30(33(40)36-3)31(41-29)21-4-8-25(34)9-5-21/h4-14,17-19,30-31H,16H2,1-3H3,(H,36,40)(H,38,39). The van der Waals surface area contributed by atoms with E-state index in [0.29, 0.717) is 45.7 Å². The van der Waals surface area contributed by atoms with E-state index in [1.807, 2.05) is 50.2 Å². The van der Waals surface area contributed by atoms with Crippen LogP contribution in [0.3, 0.4) is 0 Å². The van der Waals surface area contributed by atoms with Crippen LogP contribution in [0.25, 0.3) is 22.3 Å². The lowest BCUT2D eigenvalue weighted by Gasteiger charge is -2.18. The smallest absolute Gasteiger partial charge is 0.251 e. The molecule has 0 saturated heterocycles. The van der Waals surface area contributed by atoms with Crippen LogP contribution in [0, 0.1) is 23.1 Å². The summed E-state index contributed by atoms with van der Waals surface area (Å²) in [4.78, 5) is 30.6. The van der Waals surface area contributed by atoms with Crippen molar-refractivity contribution < 1.29 is 18.7 Å². The van der Waals surface area contributed by atoms with Crippen molar-refractivity contribution in [1.82, 2.24) is 15.6 Å². The molecule has 0 saturated carbocycles. The number of halogens is 1. The summed E-state index contributed by atoms with van der Waals surface area (Å²) in [5.41, 5.74) is 5.14. The summed E-state index contributed by atoms with van der Waals surface area (Å²) in [6.07, 6.45) is 2.50. The quantitative estimate of drug-likeness (QED) is 0.305. The fourth-order valence-corrected chi connectivity index (χ4v) is 5.00. The molecule has 0 fully saturated rings. The van der Waals surface area contributed by atoms with Crippen LogP contribution >= 0.6 is 0 Å². The third-order valence-electron chi connectivity index (χ3n) is 7.08. The van der Waals surface area contributed by atoms with Gasteiger partial charge in [0.05, 0.1) is 5.56 Å². The Morgan fingerprint density at radius 1 is 1.00 bits per heavy atom. The van der Waals surface area contributed by atoms with Crippen LogP contribution in [-0.2, 0) is 4.79 Å². The first kappa shape index (κ1) is 27.5. The second-order valence-electron chi connectivity index (χ2n) is 10.4. The molecule has 2 atom stereocenters. The van der Waals surface area contributed by atoms with Gasteiger partial charge in [0.15, 0.2) is 0 Å². The number of nitrogens with one attached hydrogen (secondary N) is 2. The summed E-state index contributed by atoms with van der Waals surface area (Å²) >= 11 is 0. The monoisotopic (exact) mass is 548 g/mol. The number of nitriles is 1. The van der Waals surface area contributed by atoms with Crippen molar-refractivity contribution in [3.8, 4) is 34.1 Å². The molecule has 3 aromatic carbocycles. The van der Waals surface area contributed by atoms with E-state index in [4.69, 9.17) is 4.74 Å². The minimum atomic E-state index is -0.645. The maximum absolute atomic E-state index is 13.6.